The minimum Gasteiger partial charge on any atom is -0.391 e. The molecule has 0 saturated carbocycles. The van der Waals surface area contributed by atoms with E-state index in [1.54, 1.807) is 0 Å². The minimum atomic E-state index is 0.00923. The second-order valence-corrected chi connectivity index (χ2v) is 5.47. The summed E-state index contributed by atoms with van der Waals surface area (Å²) in [6.45, 7) is 2.68. The molecule has 0 fully saturated rings. The Morgan fingerprint density at radius 1 is 1.37 bits per heavy atom. The number of aliphatic hydroxyl groups is 1. The third-order valence-electron chi connectivity index (χ3n) is 3.20. The molecule has 0 aliphatic rings. The van der Waals surface area contributed by atoms with Gasteiger partial charge in [-0.3, -0.25) is 4.68 Å². The van der Waals surface area contributed by atoms with Crippen molar-refractivity contribution in [2.75, 3.05) is 11.9 Å². The molecule has 0 aliphatic heterocycles. The van der Waals surface area contributed by atoms with Gasteiger partial charge in [-0.1, -0.05) is 34.1 Å². The Hall–Kier alpha value is -1.33. The summed E-state index contributed by atoms with van der Waals surface area (Å²) in [7, 11) is 3.91. The van der Waals surface area contributed by atoms with Crippen LogP contribution >= 0.6 is 15.9 Å². The van der Waals surface area contributed by atoms with Crippen LogP contribution in [0.5, 0.6) is 0 Å². The summed E-state index contributed by atoms with van der Waals surface area (Å²) in [5.41, 5.74) is 2.96. The van der Waals surface area contributed by atoms with Gasteiger partial charge in [-0.2, -0.15) is 5.10 Å². The molecular weight excluding hydrogens is 306 g/mol. The smallest absolute Gasteiger partial charge is 0.132 e. The van der Waals surface area contributed by atoms with E-state index in [0.717, 1.165) is 28.1 Å². The van der Waals surface area contributed by atoms with Crippen LogP contribution in [0.1, 0.15) is 16.8 Å². The van der Waals surface area contributed by atoms with E-state index in [2.05, 4.69) is 32.0 Å². The fourth-order valence-electron chi connectivity index (χ4n) is 2.31. The Morgan fingerprint density at radius 3 is 2.68 bits per heavy atom. The summed E-state index contributed by atoms with van der Waals surface area (Å²) in [5.74, 6) is 0.954. The molecule has 1 aromatic heterocycles. The Kier molecular flexibility index (Phi) is 4.27. The van der Waals surface area contributed by atoms with E-state index in [0.29, 0.717) is 0 Å². The van der Waals surface area contributed by atoms with Gasteiger partial charge in [-0.15, -0.1) is 0 Å². The summed E-state index contributed by atoms with van der Waals surface area (Å²) in [6.07, 6.45) is 0. The molecule has 0 radical (unpaired) electrons. The molecule has 5 heteroatoms. The van der Waals surface area contributed by atoms with Crippen molar-refractivity contribution >= 4 is 21.7 Å². The minimum absolute atomic E-state index is 0.00923. The van der Waals surface area contributed by atoms with Crippen LogP contribution in [-0.4, -0.2) is 21.9 Å². The third-order valence-corrected chi connectivity index (χ3v) is 3.97. The van der Waals surface area contributed by atoms with E-state index in [1.165, 1.54) is 5.56 Å². The van der Waals surface area contributed by atoms with Gasteiger partial charge in [0, 0.05) is 30.7 Å². The van der Waals surface area contributed by atoms with Gasteiger partial charge in [0.25, 0.3) is 0 Å². The Bertz CT molecular complexity index is 580. The number of nitrogens with zero attached hydrogens (tertiary/aromatic N) is 3. The molecule has 2 aromatic rings. The molecule has 0 atom stereocenters. The van der Waals surface area contributed by atoms with Crippen molar-refractivity contribution in [2.45, 2.75) is 20.1 Å². The Labute approximate surface area is 121 Å². The van der Waals surface area contributed by atoms with Crippen molar-refractivity contribution in [3.05, 3.63) is 45.6 Å². The molecule has 1 aromatic carbocycles. The summed E-state index contributed by atoms with van der Waals surface area (Å²) < 4.78 is 2.91. The van der Waals surface area contributed by atoms with Crippen LogP contribution in [0.2, 0.25) is 0 Å². The maximum Gasteiger partial charge on any atom is 0.132 e. The standard InChI is InChI=1S/C14H18BrN3O/c1-10-12(9-19)14(18(3)16-10)17(2)8-11-6-4-5-7-13(11)15/h4-7,19H,8-9H2,1-3H3. The van der Waals surface area contributed by atoms with Crippen LogP contribution < -0.4 is 4.90 Å². The maximum absolute atomic E-state index is 9.49. The molecule has 1 N–H and O–H groups in total. The van der Waals surface area contributed by atoms with Gasteiger partial charge in [-0.25, -0.2) is 0 Å². The number of benzene rings is 1. The van der Waals surface area contributed by atoms with Gasteiger partial charge >= 0.3 is 0 Å². The first-order valence-electron chi connectivity index (χ1n) is 6.12. The lowest BCUT2D eigenvalue weighted by Crippen LogP contribution is -2.21. The number of rotatable bonds is 4. The number of aryl methyl sites for hydroxylation is 2. The second-order valence-electron chi connectivity index (χ2n) is 4.62. The van der Waals surface area contributed by atoms with Crippen LogP contribution in [-0.2, 0) is 20.2 Å². The van der Waals surface area contributed by atoms with Crippen molar-refractivity contribution in [3.63, 3.8) is 0 Å². The molecule has 0 aliphatic carbocycles. The number of hydrogen-bond acceptors (Lipinski definition) is 3. The van der Waals surface area contributed by atoms with Crippen molar-refractivity contribution in [2.24, 2.45) is 7.05 Å². The maximum atomic E-state index is 9.49. The summed E-state index contributed by atoms with van der Waals surface area (Å²) in [6, 6.07) is 8.14. The normalized spacial score (nSPS) is 10.8. The van der Waals surface area contributed by atoms with Gasteiger partial charge < -0.3 is 10.0 Å². The van der Waals surface area contributed by atoms with E-state index < -0.39 is 0 Å². The van der Waals surface area contributed by atoms with E-state index in [4.69, 9.17) is 0 Å². The lowest BCUT2D eigenvalue weighted by molar-refractivity contribution is 0.281. The molecule has 0 saturated heterocycles. The number of anilines is 1. The highest BCUT2D eigenvalue weighted by molar-refractivity contribution is 9.10. The van der Waals surface area contributed by atoms with Crippen LogP contribution in [0.3, 0.4) is 0 Å². The molecule has 0 amide bonds. The second kappa shape index (κ2) is 5.75. The molecule has 4 nitrogen and oxygen atoms in total. The average Bonchev–Trinajstić information content (AvgIpc) is 2.66. The SMILES string of the molecule is Cc1nn(C)c(N(C)Cc2ccccc2Br)c1CO. The predicted octanol–water partition coefficient (Wildman–Crippen LogP) is 2.62. The first-order chi connectivity index (χ1) is 9.04. The van der Waals surface area contributed by atoms with Crippen molar-refractivity contribution in [1.29, 1.82) is 0 Å². The van der Waals surface area contributed by atoms with Crippen LogP contribution in [0.25, 0.3) is 0 Å². The van der Waals surface area contributed by atoms with Gasteiger partial charge in [0.2, 0.25) is 0 Å². The van der Waals surface area contributed by atoms with Crippen LogP contribution in [0.4, 0.5) is 5.82 Å². The van der Waals surface area contributed by atoms with E-state index in [9.17, 15) is 5.11 Å². The zero-order valence-corrected chi connectivity index (χ0v) is 13.0. The molecule has 2 rings (SSSR count). The number of halogens is 1. The molecular formula is C14H18BrN3O. The summed E-state index contributed by atoms with van der Waals surface area (Å²) in [5, 5.41) is 13.9. The molecule has 1 heterocycles. The highest BCUT2D eigenvalue weighted by atomic mass is 79.9. The molecule has 0 spiro atoms. The van der Waals surface area contributed by atoms with Crippen LogP contribution in [0, 0.1) is 6.92 Å². The van der Waals surface area contributed by atoms with Gasteiger partial charge in [-0.05, 0) is 18.6 Å². The van der Waals surface area contributed by atoms with E-state index >= 15 is 0 Å². The molecule has 102 valence electrons. The predicted molar refractivity (Wildman–Crippen MR) is 80.1 cm³/mol. The zero-order valence-electron chi connectivity index (χ0n) is 11.4. The summed E-state index contributed by atoms with van der Waals surface area (Å²) in [4.78, 5) is 2.10. The van der Waals surface area contributed by atoms with Crippen molar-refractivity contribution in [3.8, 4) is 0 Å². The fraction of sp³-hybridized carbons (Fsp3) is 0.357. The Balaban J connectivity index is 2.30. The largest absolute Gasteiger partial charge is 0.391 e. The molecule has 0 unspecified atom stereocenters. The monoisotopic (exact) mass is 323 g/mol. The quantitative estimate of drug-likeness (QED) is 0.940. The van der Waals surface area contributed by atoms with Gasteiger partial charge in [0.05, 0.1) is 12.3 Å². The number of aromatic nitrogens is 2. The van der Waals surface area contributed by atoms with E-state index in [1.807, 2.05) is 43.9 Å². The van der Waals surface area contributed by atoms with Crippen molar-refractivity contribution in [1.82, 2.24) is 9.78 Å². The van der Waals surface area contributed by atoms with Gasteiger partial charge in [0.15, 0.2) is 0 Å². The summed E-state index contributed by atoms with van der Waals surface area (Å²) >= 11 is 3.56. The Morgan fingerprint density at radius 2 is 2.05 bits per heavy atom. The highest BCUT2D eigenvalue weighted by Crippen LogP contribution is 2.25. The fourth-order valence-corrected chi connectivity index (χ4v) is 2.72. The average molecular weight is 324 g/mol. The topological polar surface area (TPSA) is 41.3 Å². The third kappa shape index (κ3) is 2.82. The van der Waals surface area contributed by atoms with Crippen molar-refractivity contribution < 1.29 is 5.11 Å². The lowest BCUT2D eigenvalue weighted by atomic mass is 10.2. The highest BCUT2D eigenvalue weighted by Gasteiger charge is 2.16. The first-order valence-corrected chi connectivity index (χ1v) is 6.91. The zero-order chi connectivity index (χ0) is 14.0. The lowest BCUT2D eigenvalue weighted by Gasteiger charge is -2.21. The number of hydrogen-bond donors (Lipinski definition) is 1. The molecule has 19 heavy (non-hydrogen) atoms. The first kappa shape index (κ1) is 14.1. The van der Waals surface area contributed by atoms with Crippen LogP contribution in [0.15, 0.2) is 28.7 Å². The molecule has 0 bridgehead atoms. The van der Waals surface area contributed by atoms with Gasteiger partial charge in [0.1, 0.15) is 5.82 Å². The van der Waals surface area contributed by atoms with E-state index in [-0.39, 0.29) is 6.61 Å². The number of aliphatic hydroxyl groups excluding tert-OH is 1.